The highest BCUT2D eigenvalue weighted by atomic mass is 16.4. The van der Waals surface area contributed by atoms with Crippen LogP contribution in [0.1, 0.15) is 59.4 Å². The molecule has 1 saturated heterocycles. The first-order valence-electron chi connectivity index (χ1n) is 12.0. The molecule has 0 spiro atoms. The minimum Gasteiger partial charge on any atom is -0.478 e. The zero-order chi connectivity index (χ0) is 25.8. The Balaban J connectivity index is 2.31. The lowest BCUT2D eigenvalue weighted by Crippen LogP contribution is -2.59. The lowest BCUT2D eigenvalue weighted by atomic mass is 9.84. The van der Waals surface area contributed by atoms with Crippen LogP contribution in [0.5, 0.6) is 0 Å². The van der Waals surface area contributed by atoms with Crippen molar-refractivity contribution >= 4 is 17.8 Å². The standard InChI is InChI=1S/C27H41N3O4/c1-17(2)21(16-18(3)26(33)34)30(8)25(32)23(27(4,5)6)28-24(31)22-20(14-15-29(22)7)19-12-10-9-11-13-19/h9-13,16-17,20-23H,14-15H2,1-8H3,(H,28,31)(H,33,34)/t20-,21-,22?,23-/m1/s1. The lowest BCUT2D eigenvalue weighted by Gasteiger charge is -2.38. The summed E-state index contributed by atoms with van der Waals surface area (Å²) in [5, 5.41) is 12.4. The van der Waals surface area contributed by atoms with Gasteiger partial charge in [0, 0.05) is 18.5 Å². The van der Waals surface area contributed by atoms with Crippen LogP contribution >= 0.6 is 0 Å². The molecule has 1 unspecified atom stereocenters. The number of nitrogens with one attached hydrogen (secondary N) is 1. The fraction of sp³-hybridized carbons (Fsp3) is 0.593. The molecule has 7 nitrogen and oxygen atoms in total. The van der Waals surface area contributed by atoms with Gasteiger partial charge < -0.3 is 15.3 Å². The molecule has 7 heteroatoms. The summed E-state index contributed by atoms with van der Waals surface area (Å²) in [6.45, 7) is 12.0. The van der Waals surface area contributed by atoms with E-state index in [0.717, 1.165) is 18.5 Å². The van der Waals surface area contributed by atoms with E-state index in [4.69, 9.17) is 0 Å². The average molecular weight is 472 g/mol. The van der Waals surface area contributed by atoms with Crippen molar-refractivity contribution in [2.75, 3.05) is 20.6 Å². The lowest BCUT2D eigenvalue weighted by molar-refractivity contribution is -0.141. The summed E-state index contributed by atoms with van der Waals surface area (Å²) in [6.07, 6.45) is 2.49. The monoisotopic (exact) mass is 471 g/mol. The molecule has 4 atom stereocenters. The molecular formula is C27H41N3O4. The molecule has 1 aromatic rings. The molecule has 1 fully saturated rings. The first-order chi connectivity index (χ1) is 15.8. The number of aliphatic carboxylic acids is 1. The Kier molecular flexibility index (Phi) is 9.06. The molecule has 2 rings (SSSR count). The van der Waals surface area contributed by atoms with Crippen LogP contribution in [0.2, 0.25) is 0 Å². The molecule has 2 N–H and O–H groups in total. The molecule has 34 heavy (non-hydrogen) atoms. The summed E-state index contributed by atoms with van der Waals surface area (Å²) in [6, 6.07) is 8.51. The van der Waals surface area contributed by atoms with E-state index >= 15 is 0 Å². The first-order valence-corrected chi connectivity index (χ1v) is 12.0. The van der Waals surface area contributed by atoms with E-state index in [9.17, 15) is 19.5 Å². The van der Waals surface area contributed by atoms with Crippen molar-refractivity contribution in [2.45, 2.75) is 72.0 Å². The molecular weight excluding hydrogens is 430 g/mol. The quantitative estimate of drug-likeness (QED) is 0.566. The fourth-order valence-corrected chi connectivity index (χ4v) is 4.68. The molecule has 0 radical (unpaired) electrons. The van der Waals surface area contributed by atoms with Crippen molar-refractivity contribution in [1.29, 1.82) is 0 Å². The van der Waals surface area contributed by atoms with Gasteiger partial charge in [-0.1, -0.05) is 71.0 Å². The predicted molar refractivity (Wildman–Crippen MR) is 134 cm³/mol. The van der Waals surface area contributed by atoms with Gasteiger partial charge in [0.05, 0.1) is 12.1 Å². The molecule has 188 valence electrons. The van der Waals surface area contributed by atoms with E-state index in [0.29, 0.717) is 0 Å². The number of hydrogen-bond acceptors (Lipinski definition) is 4. The molecule has 1 aliphatic rings. The molecule has 1 aliphatic heterocycles. The van der Waals surface area contributed by atoms with Crippen LogP contribution < -0.4 is 5.32 Å². The second kappa shape index (κ2) is 11.2. The van der Waals surface area contributed by atoms with Crippen LogP contribution in [0.3, 0.4) is 0 Å². The number of likely N-dealkylation sites (tertiary alicyclic amines) is 1. The third-order valence-electron chi connectivity index (χ3n) is 6.78. The molecule has 0 aromatic heterocycles. The van der Waals surface area contributed by atoms with E-state index in [1.165, 1.54) is 6.92 Å². The maximum absolute atomic E-state index is 13.7. The van der Waals surface area contributed by atoms with Gasteiger partial charge in [0.25, 0.3) is 0 Å². The minimum atomic E-state index is -1.01. The van der Waals surface area contributed by atoms with Gasteiger partial charge in [0.2, 0.25) is 11.8 Å². The smallest absolute Gasteiger partial charge is 0.331 e. The Hall–Kier alpha value is -2.67. The molecule has 1 aromatic carbocycles. The SMILES string of the molecule is CC(=C[C@H](C(C)C)N(C)C(=O)[C@@H](NC(=O)C1[C@@H](c2ccccc2)CCN1C)C(C)(C)C)C(=O)O. The number of carboxylic acid groups (broad SMARTS) is 1. The number of carboxylic acids is 1. The van der Waals surface area contributed by atoms with Gasteiger partial charge in [0.15, 0.2) is 0 Å². The van der Waals surface area contributed by atoms with Crippen LogP contribution in [-0.2, 0) is 14.4 Å². The largest absolute Gasteiger partial charge is 0.478 e. The first kappa shape index (κ1) is 27.6. The van der Waals surface area contributed by atoms with Gasteiger partial charge in [-0.2, -0.15) is 0 Å². The zero-order valence-corrected chi connectivity index (χ0v) is 21.8. The number of likely N-dealkylation sites (N-methyl/N-ethyl adjacent to an activating group) is 2. The van der Waals surface area contributed by atoms with Crippen LogP contribution in [0.4, 0.5) is 0 Å². The van der Waals surface area contributed by atoms with Gasteiger partial charge in [-0.15, -0.1) is 0 Å². The van der Waals surface area contributed by atoms with Gasteiger partial charge >= 0.3 is 5.97 Å². The predicted octanol–water partition coefficient (Wildman–Crippen LogP) is 3.52. The third-order valence-corrected chi connectivity index (χ3v) is 6.78. The average Bonchev–Trinajstić information content (AvgIpc) is 3.15. The Bertz CT molecular complexity index is 904. The van der Waals surface area contributed by atoms with Crippen LogP contribution in [0.25, 0.3) is 0 Å². The van der Waals surface area contributed by atoms with Crippen LogP contribution in [0, 0.1) is 11.3 Å². The third kappa shape index (κ3) is 6.47. The highest BCUT2D eigenvalue weighted by Crippen LogP contribution is 2.33. The molecule has 0 bridgehead atoms. The van der Waals surface area contributed by atoms with Gasteiger partial charge in [0.1, 0.15) is 6.04 Å². The highest BCUT2D eigenvalue weighted by molar-refractivity contribution is 5.91. The number of nitrogens with zero attached hydrogens (tertiary/aromatic N) is 2. The second-order valence-electron chi connectivity index (χ2n) is 10.9. The molecule has 1 heterocycles. The number of hydrogen-bond donors (Lipinski definition) is 2. The van der Waals surface area contributed by atoms with Crippen LogP contribution in [0.15, 0.2) is 42.0 Å². The maximum Gasteiger partial charge on any atom is 0.331 e. The Labute approximate surface area is 204 Å². The van der Waals surface area contributed by atoms with Crippen molar-refractivity contribution in [2.24, 2.45) is 11.3 Å². The Morgan fingerprint density at radius 3 is 2.26 bits per heavy atom. The summed E-state index contributed by atoms with van der Waals surface area (Å²) in [5.41, 5.74) is 0.776. The van der Waals surface area contributed by atoms with E-state index in [-0.39, 0.29) is 35.3 Å². The highest BCUT2D eigenvalue weighted by Gasteiger charge is 2.42. The van der Waals surface area contributed by atoms with Crippen molar-refractivity contribution < 1.29 is 19.5 Å². The number of rotatable bonds is 8. The maximum atomic E-state index is 13.7. The van der Waals surface area contributed by atoms with Gasteiger partial charge in [-0.05, 0) is 43.8 Å². The van der Waals surface area contributed by atoms with E-state index in [1.54, 1.807) is 18.0 Å². The fourth-order valence-electron chi connectivity index (χ4n) is 4.68. The molecule has 2 amide bonds. The topological polar surface area (TPSA) is 90.0 Å². The number of carbonyl (C=O) groups is 3. The summed E-state index contributed by atoms with van der Waals surface area (Å²) in [4.78, 5) is 42.3. The second-order valence-corrected chi connectivity index (χ2v) is 10.9. The van der Waals surface area contributed by atoms with Crippen molar-refractivity contribution in [3.63, 3.8) is 0 Å². The Morgan fingerprint density at radius 1 is 1.18 bits per heavy atom. The van der Waals surface area contributed by atoms with Crippen molar-refractivity contribution in [3.8, 4) is 0 Å². The van der Waals surface area contributed by atoms with Crippen molar-refractivity contribution in [1.82, 2.24) is 15.1 Å². The zero-order valence-electron chi connectivity index (χ0n) is 21.8. The Morgan fingerprint density at radius 2 is 1.76 bits per heavy atom. The number of benzene rings is 1. The summed E-state index contributed by atoms with van der Waals surface area (Å²) in [5.74, 6) is -1.34. The number of carbonyl (C=O) groups excluding carboxylic acids is 2. The number of amides is 2. The molecule has 0 aliphatic carbocycles. The summed E-state index contributed by atoms with van der Waals surface area (Å²) < 4.78 is 0. The van der Waals surface area contributed by atoms with E-state index < -0.39 is 23.5 Å². The summed E-state index contributed by atoms with van der Waals surface area (Å²) >= 11 is 0. The van der Waals surface area contributed by atoms with Crippen molar-refractivity contribution in [3.05, 3.63) is 47.5 Å². The van der Waals surface area contributed by atoms with Crippen LogP contribution in [-0.4, -0.2) is 71.5 Å². The van der Waals surface area contributed by atoms with Gasteiger partial charge in [-0.3, -0.25) is 14.5 Å². The molecule has 0 saturated carbocycles. The van der Waals surface area contributed by atoms with E-state index in [2.05, 4.69) is 22.3 Å². The van der Waals surface area contributed by atoms with Gasteiger partial charge in [-0.25, -0.2) is 4.79 Å². The van der Waals surface area contributed by atoms with E-state index in [1.807, 2.05) is 59.9 Å². The normalized spacial score (nSPS) is 21.3. The summed E-state index contributed by atoms with van der Waals surface area (Å²) in [7, 11) is 3.62. The minimum absolute atomic E-state index is 0.00277.